The fourth-order valence-corrected chi connectivity index (χ4v) is 3.03. The summed E-state index contributed by atoms with van der Waals surface area (Å²) >= 11 is 0. The van der Waals surface area contributed by atoms with Crippen LogP contribution in [0.25, 0.3) is 0 Å². The molecular formula is C21H43. The molecule has 0 amide bonds. The molecule has 0 aliphatic rings. The van der Waals surface area contributed by atoms with Crippen LogP contribution in [0.3, 0.4) is 0 Å². The normalized spacial score (nSPS) is 11.4. The smallest absolute Gasteiger partial charge is 0.0303 e. The summed E-state index contributed by atoms with van der Waals surface area (Å²) in [4.78, 5) is 0. The number of unbranched alkanes of at least 4 members (excludes halogenated alkanes) is 15. The van der Waals surface area contributed by atoms with E-state index < -0.39 is 0 Å². The van der Waals surface area contributed by atoms with Crippen LogP contribution in [-0.4, -0.2) is 0 Å². The Morgan fingerprint density at radius 1 is 0.429 bits per heavy atom. The van der Waals surface area contributed by atoms with Crippen LogP contribution >= 0.6 is 0 Å². The zero-order chi connectivity index (χ0) is 15.6. The van der Waals surface area contributed by atoms with E-state index in [1.54, 1.807) is 5.92 Å². The second-order valence-corrected chi connectivity index (χ2v) is 7.26. The summed E-state index contributed by atoms with van der Waals surface area (Å²) in [6.07, 6.45) is 24.8. The van der Waals surface area contributed by atoms with Gasteiger partial charge in [-0.3, -0.25) is 0 Å². The van der Waals surface area contributed by atoms with Gasteiger partial charge in [-0.05, 0) is 12.3 Å². The summed E-state index contributed by atoms with van der Waals surface area (Å²) in [6, 6.07) is 0. The lowest BCUT2D eigenvalue weighted by Crippen LogP contribution is -1.86. The lowest BCUT2D eigenvalue weighted by Gasteiger charge is -2.04. The molecule has 0 aromatic heterocycles. The van der Waals surface area contributed by atoms with E-state index in [1.807, 2.05) is 0 Å². The van der Waals surface area contributed by atoms with Crippen molar-refractivity contribution in [3.63, 3.8) is 0 Å². The van der Waals surface area contributed by atoms with Gasteiger partial charge in [0.05, 0.1) is 0 Å². The molecule has 0 unspecified atom stereocenters. The molecular weight excluding hydrogens is 252 g/mol. The fraction of sp³-hybridized carbons (Fsp3) is 0.952. The van der Waals surface area contributed by atoms with E-state index in [1.165, 1.54) is 109 Å². The second kappa shape index (κ2) is 18.1. The van der Waals surface area contributed by atoms with Crippen LogP contribution in [0.2, 0.25) is 0 Å². The number of rotatable bonds is 17. The maximum Gasteiger partial charge on any atom is -0.0303 e. The first-order valence-corrected chi connectivity index (χ1v) is 10.1. The summed E-state index contributed by atoms with van der Waals surface area (Å²) < 4.78 is 0. The van der Waals surface area contributed by atoms with Crippen LogP contribution < -0.4 is 0 Å². The molecule has 0 bridgehead atoms. The summed E-state index contributed by atoms with van der Waals surface area (Å²) in [7, 11) is 0. The molecule has 0 spiro atoms. The summed E-state index contributed by atoms with van der Waals surface area (Å²) in [5.74, 6) is 1.60. The lowest BCUT2D eigenvalue weighted by atomic mass is 10.0. The Labute approximate surface area is 136 Å². The zero-order valence-electron chi connectivity index (χ0n) is 15.5. The minimum Gasteiger partial charge on any atom is -0.0654 e. The molecule has 21 heavy (non-hydrogen) atoms. The minimum absolute atomic E-state index is 1.35. The molecule has 0 atom stereocenters. The molecule has 0 fully saturated rings. The van der Waals surface area contributed by atoms with Crippen LogP contribution in [0.5, 0.6) is 0 Å². The van der Waals surface area contributed by atoms with Crippen LogP contribution in [0.15, 0.2) is 0 Å². The van der Waals surface area contributed by atoms with Gasteiger partial charge in [0, 0.05) is 0 Å². The summed E-state index contributed by atoms with van der Waals surface area (Å²) in [5, 5.41) is 0. The molecule has 127 valence electrons. The van der Waals surface area contributed by atoms with Crippen LogP contribution in [-0.2, 0) is 0 Å². The van der Waals surface area contributed by atoms with E-state index in [2.05, 4.69) is 20.8 Å². The van der Waals surface area contributed by atoms with E-state index in [0.717, 1.165) is 0 Å². The van der Waals surface area contributed by atoms with Crippen molar-refractivity contribution in [1.82, 2.24) is 0 Å². The van der Waals surface area contributed by atoms with Gasteiger partial charge in [-0.2, -0.15) is 0 Å². The van der Waals surface area contributed by atoms with Crippen molar-refractivity contribution in [1.29, 1.82) is 0 Å². The topological polar surface area (TPSA) is 0 Å². The van der Waals surface area contributed by atoms with Crippen LogP contribution in [0.4, 0.5) is 0 Å². The Kier molecular flexibility index (Phi) is 18.1. The van der Waals surface area contributed by atoms with Crippen molar-refractivity contribution >= 4 is 0 Å². The van der Waals surface area contributed by atoms with Crippen molar-refractivity contribution in [2.75, 3.05) is 0 Å². The van der Waals surface area contributed by atoms with Crippen molar-refractivity contribution in [3.05, 3.63) is 5.92 Å². The van der Waals surface area contributed by atoms with E-state index >= 15 is 0 Å². The highest BCUT2D eigenvalue weighted by molar-refractivity contribution is 4.75. The summed E-state index contributed by atoms with van der Waals surface area (Å²) in [6.45, 7) is 6.81. The van der Waals surface area contributed by atoms with Crippen molar-refractivity contribution in [2.45, 2.75) is 130 Å². The maximum atomic E-state index is 2.30. The van der Waals surface area contributed by atoms with Crippen molar-refractivity contribution in [3.8, 4) is 0 Å². The number of hydrogen-bond acceptors (Lipinski definition) is 0. The molecule has 0 heterocycles. The minimum atomic E-state index is 1.35. The predicted molar refractivity (Wildman–Crippen MR) is 98.8 cm³/mol. The third kappa shape index (κ3) is 20.0. The standard InChI is InChI=1S/C21H43/c1-4-5-6-7-8-9-10-11-12-13-14-15-16-17-18-19-20-21(2)3/h4-20H2,1-3H3. The fourth-order valence-electron chi connectivity index (χ4n) is 3.03. The average molecular weight is 296 g/mol. The Morgan fingerprint density at radius 3 is 1.00 bits per heavy atom. The second-order valence-electron chi connectivity index (χ2n) is 7.26. The maximum absolute atomic E-state index is 2.30. The predicted octanol–water partition coefficient (Wildman–Crippen LogP) is 8.25. The first kappa shape index (κ1) is 21.0. The van der Waals surface area contributed by atoms with E-state index in [0.29, 0.717) is 0 Å². The van der Waals surface area contributed by atoms with Gasteiger partial charge in [0.2, 0.25) is 0 Å². The Bertz CT molecular complexity index is 171. The molecule has 0 aromatic carbocycles. The van der Waals surface area contributed by atoms with Gasteiger partial charge in [0.1, 0.15) is 0 Å². The first-order valence-electron chi connectivity index (χ1n) is 10.1. The number of hydrogen-bond donors (Lipinski definition) is 0. The summed E-state index contributed by atoms with van der Waals surface area (Å²) in [5.41, 5.74) is 0. The van der Waals surface area contributed by atoms with Crippen molar-refractivity contribution < 1.29 is 0 Å². The quantitative estimate of drug-likeness (QED) is 0.237. The Hall–Kier alpha value is 0. The average Bonchev–Trinajstić information content (AvgIpc) is 2.46. The Morgan fingerprint density at radius 2 is 0.714 bits per heavy atom. The molecule has 0 heteroatoms. The van der Waals surface area contributed by atoms with E-state index in [4.69, 9.17) is 0 Å². The largest absolute Gasteiger partial charge is 0.0654 e. The highest BCUT2D eigenvalue weighted by Gasteiger charge is 1.96. The molecule has 0 saturated heterocycles. The van der Waals surface area contributed by atoms with Gasteiger partial charge in [0.15, 0.2) is 0 Å². The van der Waals surface area contributed by atoms with Gasteiger partial charge in [-0.25, -0.2) is 0 Å². The van der Waals surface area contributed by atoms with Gasteiger partial charge >= 0.3 is 0 Å². The Balaban J connectivity index is 2.93. The van der Waals surface area contributed by atoms with Gasteiger partial charge in [0.25, 0.3) is 0 Å². The molecule has 0 N–H and O–H groups in total. The van der Waals surface area contributed by atoms with Gasteiger partial charge in [-0.15, -0.1) is 0 Å². The molecule has 0 rings (SSSR count). The van der Waals surface area contributed by atoms with E-state index in [-0.39, 0.29) is 0 Å². The monoisotopic (exact) mass is 295 g/mol. The first-order chi connectivity index (χ1) is 10.3. The highest BCUT2D eigenvalue weighted by Crippen LogP contribution is 2.15. The lowest BCUT2D eigenvalue weighted by molar-refractivity contribution is 0.528. The van der Waals surface area contributed by atoms with Crippen LogP contribution in [0.1, 0.15) is 130 Å². The molecule has 0 aliphatic heterocycles. The third-order valence-electron chi connectivity index (χ3n) is 4.53. The molecule has 1 radical (unpaired) electrons. The SMILES string of the molecule is CCCCCCCCCCCCCCCCCC[C](C)C. The highest BCUT2D eigenvalue weighted by atomic mass is 14.0. The van der Waals surface area contributed by atoms with Crippen LogP contribution in [0, 0.1) is 5.92 Å². The van der Waals surface area contributed by atoms with Gasteiger partial charge in [-0.1, -0.05) is 124 Å². The van der Waals surface area contributed by atoms with Crippen molar-refractivity contribution in [2.24, 2.45) is 0 Å². The molecule has 0 aromatic rings. The zero-order valence-corrected chi connectivity index (χ0v) is 15.5. The third-order valence-corrected chi connectivity index (χ3v) is 4.53. The molecule has 0 aliphatic carbocycles. The molecule has 0 saturated carbocycles. The molecule has 0 nitrogen and oxygen atoms in total. The van der Waals surface area contributed by atoms with E-state index in [9.17, 15) is 0 Å². The van der Waals surface area contributed by atoms with Gasteiger partial charge < -0.3 is 0 Å².